The van der Waals surface area contributed by atoms with E-state index >= 15 is 0 Å². The molecule has 0 aliphatic carbocycles. The first kappa shape index (κ1) is 18.7. The minimum Gasteiger partial charge on any atom is -0.280 e. The third-order valence-electron chi connectivity index (χ3n) is 4.57. The molecule has 4 aromatic rings. The van der Waals surface area contributed by atoms with Crippen molar-refractivity contribution < 1.29 is 8.42 Å². The Balaban J connectivity index is 1.56. The summed E-state index contributed by atoms with van der Waals surface area (Å²) in [5.74, 6) is 0. The first-order valence-corrected chi connectivity index (χ1v) is 11.3. The van der Waals surface area contributed by atoms with Crippen LogP contribution in [-0.4, -0.2) is 13.4 Å². The molecule has 0 aliphatic rings. The Morgan fingerprint density at radius 1 is 0.964 bits per heavy atom. The number of rotatable bonds is 5. The molecule has 28 heavy (non-hydrogen) atoms. The Kier molecular flexibility index (Phi) is 4.91. The van der Waals surface area contributed by atoms with Crippen LogP contribution >= 0.6 is 11.3 Å². The standard InChI is InChI=1S/C22H20N2O2S2/c1-3-16-5-11-19(12-6-16)28(25,26)24-18-9-7-17(8-10-18)22-23-20-13-4-15(2)14-21(20)27-22/h4-14,24H,3H2,1-2H3. The highest BCUT2D eigenvalue weighted by Crippen LogP contribution is 2.31. The Labute approximate surface area is 168 Å². The monoisotopic (exact) mass is 408 g/mol. The van der Waals surface area contributed by atoms with E-state index in [4.69, 9.17) is 0 Å². The maximum atomic E-state index is 12.6. The van der Waals surface area contributed by atoms with Gasteiger partial charge in [0.1, 0.15) is 5.01 Å². The smallest absolute Gasteiger partial charge is 0.261 e. The lowest BCUT2D eigenvalue weighted by Crippen LogP contribution is -2.12. The lowest BCUT2D eigenvalue weighted by Gasteiger charge is -2.09. The van der Waals surface area contributed by atoms with Gasteiger partial charge in [0.25, 0.3) is 10.0 Å². The number of aryl methyl sites for hydroxylation is 2. The second-order valence-electron chi connectivity index (χ2n) is 6.67. The van der Waals surface area contributed by atoms with Crippen LogP contribution in [0.1, 0.15) is 18.1 Å². The van der Waals surface area contributed by atoms with Crippen LogP contribution in [0.3, 0.4) is 0 Å². The summed E-state index contributed by atoms with van der Waals surface area (Å²) in [5, 5.41) is 0.921. The molecule has 0 saturated heterocycles. The molecule has 0 unspecified atom stereocenters. The van der Waals surface area contributed by atoms with E-state index in [0.717, 1.165) is 32.8 Å². The number of hydrogen-bond donors (Lipinski definition) is 1. The predicted octanol–water partition coefficient (Wildman–Crippen LogP) is 5.63. The van der Waals surface area contributed by atoms with Gasteiger partial charge < -0.3 is 0 Å². The fraction of sp³-hybridized carbons (Fsp3) is 0.136. The van der Waals surface area contributed by atoms with E-state index in [2.05, 4.69) is 28.8 Å². The first-order chi connectivity index (χ1) is 13.4. The average Bonchev–Trinajstić information content (AvgIpc) is 3.11. The summed E-state index contributed by atoms with van der Waals surface area (Å²) in [6, 6.07) is 20.5. The summed E-state index contributed by atoms with van der Waals surface area (Å²) >= 11 is 1.63. The van der Waals surface area contributed by atoms with Crippen molar-refractivity contribution in [3.8, 4) is 10.6 Å². The number of thiazole rings is 1. The molecular weight excluding hydrogens is 388 g/mol. The minimum atomic E-state index is -3.60. The molecule has 0 atom stereocenters. The number of nitrogens with one attached hydrogen (secondary N) is 1. The molecule has 6 heteroatoms. The number of fused-ring (bicyclic) bond motifs is 1. The summed E-state index contributed by atoms with van der Waals surface area (Å²) in [6.45, 7) is 4.10. The van der Waals surface area contributed by atoms with Crippen LogP contribution in [0.25, 0.3) is 20.8 Å². The van der Waals surface area contributed by atoms with E-state index in [1.165, 1.54) is 5.56 Å². The number of aromatic nitrogens is 1. The summed E-state index contributed by atoms with van der Waals surface area (Å²) in [6.07, 6.45) is 0.876. The topological polar surface area (TPSA) is 59.1 Å². The van der Waals surface area contributed by atoms with Gasteiger partial charge in [0.05, 0.1) is 15.1 Å². The second kappa shape index (κ2) is 7.37. The number of nitrogens with zero attached hydrogens (tertiary/aromatic N) is 1. The highest BCUT2D eigenvalue weighted by Gasteiger charge is 2.14. The van der Waals surface area contributed by atoms with Crippen LogP contribution in [0.2, 0.25) is 0 Å². The van der Waals surface area contributed by atoms with Gasteiger partial charge in [0.2, 0.25) is 0 Å². The van der Waals surface area contributed by atoms with Crippen LogP contribution in [-0.2, 0) is 16.4 Å². The van der Waals surface area contributed by atoms with E-state index in [-0.39, 0.29) is 4.90 Å². The number of anilines is 1. The van der Waals surface area contributed by atoms with Crippen molar-refractivity contribution in [1.29, 1.82) is 0 Å². The third kappa shape index (κ3) is 3.79. The van der Waals surface area contributed by atoms with Gasteiger partial charge in [-0.05, 0) is 73.0 Å². The lowest BCUT2D eigenvalue weighted by molar-refractivity contribution is 0.601. The summed E-state index contributed by atoms with van der Waals surface area (Å²) < 4.78 is 29.0. The van der Waals surface area contributed by atoms with Gasteiger partial charge in [-0.3, -0.25) is 4.72 Å². The van der Waals surface area contributed by atoms with Crippen molar-refractivity contribution in [2.75, 3.05) is 4.72 Å². The molecule has 1 heterocycles. The Hall–Kier alpha value is -2.70. The van der Waals surface area contributed by atoms with E-state index in [1.807, 2.05) is 37.3 Å². The molecule has 0 saturated carbocycles. The average molecular weight is 409 g/mol. The SMILES string of the molecule is CCc1ccc(S(=O)(=O)Nc2ccc(-c3nc4ccc(C)cc4s3)cc2)cc1. The highest BCUT2D eigenvalue weighted by molar-refractivity contribution is 7.92. The van der Waals surface area contributed by atoms with E-state index in [1.54, 1.807) is 35.6 Å². The van der Waals surface area contributed by atoms with Gasteiger partial charge in [-0.2, -0.15) is 0 Å². The van der Waals surface area contributed by atoms with Crippen molar-refractivity contribution in [3.05, 3.63) is 77.9 Å². The van der Waals surface area contributed by atoms with Gasteiger partial charge in [-0.1, -0.05) is 25.1 Å². The molecule has 142 valence electrons. The Bertz CT molecular complexity index is 1230. The first-order valence-electron chi connectivity index (χ1n) is 9.04. The molecule has 1 aromatic heterocycles. The summed E-state index contributed by atoms with van der Waals surface area (Å²) in [5.41, 5.74) is 4.79. The van der Waals surface area contributed by atoms with Crippen LogP contribution < -0.4 is 4.72 Å². The van der Waals surface area contributed by atoms with Crippen LogP contribution in [0, 0.1) is 6.92 Å². The zero-order chi connectivity index (χ0) is 19.7. The van der Waals surface area contributed by atoms with Gasteiger partial charge >= 0.3 is 0 Å². The maximum Gasteiger partial charge on any atom is 0.261 e. The van der Waals surface area contributed by atoms with Gasteiger partial charge in [0, 0.05) is 11.3 Å². The zero-order valence-corrected chi connectivity index (χ0v) is 17.3. The minimum absolute atomic E-state index is 0.260. The van der Waals surface area contributed by atoms with Gasteiger partial charge in [-0.15, -0.1) is 11.3 Å². The molecule has 0 amide bonds. The summed E-state index contributed by atoms with van der Waals surface area (Å²) in [7, 11) is -3.60. The lowest BCUT2D eigenvalue weighted by atomic mass is 10.2. The largest absolute Gasteiger partial charge is 0.280 e. The zero-order valence-electron chi connectivity index (χ0n) is 15.6. The van der Waals surface area contributed by atoms with Crippen LogP contribution in [0.15, 0.2) is 71.6 Å². The molecule has 1 N–H and O–H groups in total. The van der Waals surface area contributed by atoms with Crippen molar-refractivity contribution in [1.82, 2.24) is 4.98 Å². The van der Waals surface area contributed by atoms with E-state index < -0.39 is 10.0 Å². The third-order valence-corrected chi connectivity index (χ3v) is 7.03. The molecule has 0 bridgehead atoms. The maximum absolute atomic E-state index is 12.6. The quantitative estimate of drug-likeness (QED) is 0.465. The van der Waals surface area contributed by atoms with Crippen molar-refractivity contribution >= 4 is 37.3 Å². The molecule has 0 radical (unpaired) electrons. The Morgan fingerprint density at radius 2 is 1.68 bits per heavy atom. The predicted molar refractivity (Wildman–Crippen MR) is 116 cm³/mol. The molecular formula is C22H20N2O2S2. The molecule has 4 rings (SSSR count). The molecule has 3 aromatic carbocycles. The normalized spacial score (nSPS) is 11.6. The second-order valence-corrected chi connectivity index (χ2v) is 9.38. The van der Waals surface area contributed by atoms with Crippen molar-refractivity contribution in [2.24, 2.45) is 0 Å². The molecule has 0 fully saturated rings. The number of benzene rings is 3. The Morgan fingerprint density at radius 3 is 2.36 bits per heavy atom. The van der Waals surface area contributed by atoms with Crippen molar-refractivity contribution in [3.63, 3.8) is 0 Å². The van der Waals surface area contributed by atoms with Gasteiger partial charge in [0.15, 0.2) is 0 Å². The van der Waals surface area contributed by atoms with Crippen molar-refractivity contribution in [2.45, 2.75) is 25.2 Å². The highest BCUT2D eigenvalue weighted by atomic mass is 32.2. The van der Waals surface area contributed by atoms with Crippen LogP contribution in [0.4, 0.5) is 5.69 Å². The molecule has 0 spiro atoms. The molecule has 0 aliphatic heterocycles. The number of hydrogen-bond acceptors (Lipinski definition) is 4. The van der Waals surface area contributed by atoms with E-state index in [9.17, 15) is 8.42 Å². The van der Waals surface area contributed by atoms with Gasteiger partial charge in [-0.25, -0.2) is 13.4 Å². The number of sulfonamides is 1. The fourth-order valence-electron chi connectivity index (χ4n) is 2.95. The fourth-order valence-corrected chi connectivity index (χ4v) is 5.08. The van der Waals surface area contributed by atoms with Crippen LogP contribution in [0.5, 0.6) is 0 Å². The summed E-state index contributed by atoms with van der Waals surface area (Å²) in [4.78, 5) is 4.93. The molecule has 4 nitrogen and oxygen atoms in total. The van der Waals surface area contributed by atoms with E-state index in [0.29, 0.717) is 5.69 Å².